The lowest BCUT2D eigenvalue weighted by Crippen LogP contribution is -2.47. The van der Waals surface area contributed by atoms with Gasteiger partial charge in [-0.15, -0.1) is 0 Å². The molecule has 0 N–H and O–H groups in total. The van der Waals surface area contributed by atoms with Crippen molar-refractivity contribution in [3.63, 3.8) is 0 Å². The van der Waals surface area contributed by atoms with Gasteiger partial charge in [-0.2, -0.15) is 22.0 Å². The number of benzene rings is 2. The van der Waals surface area contributed by atoms with Crippen LogP contribution in [0.2, 0.25) is 0 Å². The average Bonchev–Trinajstić information content (AvgIpc) is 3.38. The van der Waals surface area contributed by atoms with Crippen LogP contribution in [-0.4, -0.2) is 42.4 Å². The van der Waals surface area contributed by atoms with Crippen molar-refractivity contribution >= 4 is 40.2 Å². The Morgan fingerprint density at radius 2 is 1.74 bits per heavy atom. The summed E-state index contributed by atoms with van der Waals surface area (Å²) in [6, 6.07) is 13.4. The van der Waals surface area contributed by atoms with E-state index in [-0.39, 0.29) is 30.1 Å². The molecule has 0 amide bonds. The first kappa shape index (κ1) is 23.3. The van der Waals surface area contributed by atoms with Crippen LogP contribution in [0.25, 0.3) is 0 Å². The zero-order valence-electron chi connectivity index (χ0n) is 18.6. The number of halogens is 3. The quantitative estimate of drug-likeness (QED) is 0.459. The summed E-state index contributed by atoms with van der Waals surface area (Å²) in [4.78, 5) is 28.9. The molecule has 6 nitrogen and oxygen atoms in total. The Morgan fingerprint density at radius 1 is 1.00 bits per heavy atom. The molecule has 0 saturated carbocycles. The number of hydrogen-bond acceptors (Lipinski definition) is 7. The molecule has 3 aromatic carbocycles. The van der Waals surface area contributed by atoms with Crippen LogP contribution in [0.3, 0.4) is 0 Å². The minimum absolute atomic E-state index is 0.0157. The first-order chi connectivity index (χ1) is 16.9. The van der Waals surface area contributed by atoms with E-state index < -0.39 is 23.1 Å². The topological polar surface area (TPSA) is 65.3 Å². The van der Waals surface area contributed by atoms with Crippen LogP contribution in [0.15, 0.2) is 68.3 Å². The molecule has 0 radical (unpaired) electrons. The molecule has 5 rings (SSSR count). The van der Waals surface area contributed by atoms with E-state index in [1.165, 1.54) is 6.07 Å². The second-order valence-electron chi connectivity index (χ2n) is 8.30. The molecular weight excluding hydrogens is 477 g/mol. The molecule has 35 heavy (non-hydrogen) atoms. The molecule has 0 unspecified atom stereocenters. The zero-order valence-corrected chi connectivity index (χ0v) is 19.4. The Morgan fingerprint density at radius 3 is 2.40 bits per heavy atom. The van der Waals surface area contributed by atoms with Gasteiger partial charge in [0.15, 0.2) is 0 Å². The fraction of sp³-hybridized carbons (Fsp3) is 0.280. The smallest absolute Gasteiger partial charge is 0.278 e. The number of para-hydroxylation sites is 1. The molecule has 1 fully saturated rings. The van der Waals surface area contributed by atoms with Crippen molar-refractivity contribution in [2.75, 3.05) is 34.4 Å². The highest BCUT2D eigenvalue weighted by atomic mass is 32.2. The van der Waals surface area contributed by atoms with Crippen molar-refractivity contribution in [2.45, 2.75) is 19.4 Å². The first-order valence-electron chi connectivity index (χ1n) is 11.1. The molecule has 1 saturated heterocycles. The Labute approximate surface area is 203 Å². The summed E-state index contributed by atoms with van der Waals surface area (Å²) in [5.41, 5.74) is 0.804. The van der Waals surface area contributed by atoms with E-state index >= 15 is 4.39 Å². The van der Waals surface area contributed by atoms with Crippen molar-refractivity contribution in [1.29, 1.82) is 0 Å². The van der Waals surface area contributed by atoms with Gasteiger partial charge in [-0.3, -0.25) is 9.59 Å². The van der Waals surface area contributed by atoms with Crippen LogP contribution < -0.4 is 20.7 Å². The molecule has 2 heterocycles. The molecule has 2 aliphatic rings. The summed E-state index contributed by atoms with van der Waals surface area (Å²) >= 11 is 1.79. The third-order valence-corrected chi connectivity index (χ3v) is 7.08. The summed E-state index contributed by atoms with van der Waals surface area (Å²) in [5.74, 6) is 1.16. The lowest BCUT2D eigenvalue weighted by atomic mass is 10.0. The van der Waals surface area contributed by atoms with Gasteiger partial charge in [0.25, 0.3) is 17.3 Å². The van der Waals surface area contributed by atoms with E-state index in [1.807, 2.05) is 23.1 Å². The SMILES string of the molecule is O=c1c(N2CCSCC2)c(N(Cc2ccc(C3=NN=C(C(F)F)C3)cc2F)c2ccccc2)c1=O. The van der Waals surface area contributed by atoms with Crippen LogP contribution in [-0.2, 0) is 6.54 Å². The van der Waals surface area contributed by atoms with Crippen LogP contribution in [0.4, 0.5) is 30.2 Å². The third-order valence-electron chi connectivity index (χ3n) is 6.14. The maximum Gasteiger partial charge on any atom is 0.278 e. The van der Waals surface area contributed by atoms with E-state index in [2.05, 4.69) is 10.2 Å². The van der Waals surface area contributed by atoms with Crippen LogP contribution >= 0.6 is 11.8 Å². The Bertz CT molecular complexity index is 1380. The lowest BCUT2D eigenvalue weighted by molar-refractivity contribution is 0.224. The molecule has 3 aromatic rings. The standard InChI is InChI=1S/C25H21F3N4O2S/c26-18-12-15(19-13-20(25(27)28)30-29-19)6-7-16(18)14-32(17-4-2-1-3-5-17)22-21(23(33)24(22)34)31-8-10-35-11-9-31/h1-7,12,25H,8-11,13-14H2. The van der Waals surface area contributed by atoms with Crippen LogP contribution in [0.5, 0.6) is 0 Å². The highest BCUT2D eigenvalue weighted by molar-refractivity contribution is 7.99. The average molecular weight is 499 g/mol. The molecule has 0 aromatic heterocycles. The third kappa shape index (κ3) is 4.50. The number of thioether (sulfide) groups is 1. The highest BCUT2D eigenvalue weighted by Crippen LogP contribution is 2.34. The van der Waals surface area contributed by atoms with Gasteiger partial charge in [0.05, 0.1) is 12.3 Å². The number of rotatable bonds is 7. The minimum atomic E-state index is -2.71. The Kier molecular flexibility index (Phi) is 6.46. The summed E-state index contributed by atoms with van der Waals surface area (Å²) in [6.45, 7) is 1.35. The van der Waals surface area contributed by atoms with Gasteiger partial charge in [-0.25, -0.2) is 13.2 Å². The van der Waals surface area contributed by atoms with Gasteiger partial charge in [0.1, 0.15) is 22.9 Å². The van der Waals surface area contributed by atoms with E-state index in [4.69, 9.17) is 0 Å². The fourth-order valence-electron chi connectivity index (χ4n) is 4.28. The maximum absolute atomic E-state index is 15.2. The number of anilines is 3. The molecule has 0 aliphatic carbocycles. The summed E-state index contributed by atoms with van der Waals surface area (Å²) in [7, 11) is 0. The Hall–Kier alpha value is -3.40. The van der Waals surface area contributed by atoms with Gasteiger partial charge in [0, 0.05) is 47.8 Å². The monoisotopic (exact) mass is 498 g/mol. The van der Waals surface area contributed by atoms with E-state index in [0.29, 0.717) is 35.6 Å². The number of nitrogens with zero attached hydrogens (tertiary/aromatic N) is 4. The molecule has 180 valence electrons. The van der Waals surface area contributed by atoms with Crippen molar-refractivity contribution in [3.05, 3.63) is 85.9 Å². The van der Waals surface area contributed by atoms with Gasteiger partial charge in [-0.1, -0.05) is 30.3 Å². The highest BCUT2D eigenvalue weighted by Gasteiger charge is 2.32. The summed E-state index contributed by atoms with van der Waals surface area (Å²) < 4.78 is 40.9. The fourth-order valence-corrected chi connectivity index (χ4v) is 5.18. The van der Waals surface area contributed by atoms with Gasteiger partial charge < -0.3 is 9.80 Å². The van der Waals surface area contributed by atoms with Gasteiger partial charge in [-0.05, 0) is 18.2 Å². The van der Waals surface area contributed by atoms with Gasteiger partial charge in [0.2, 0.25) is 0 Å². The zero-order chi connectivity index (χ0) is 24.5. The van der Waals surface area contributed by atoms with Crippen LogP contribution in [0, 0.1) is 5.82 Å². The molecule has 0 bridgehead atoms. The van der Waals surface area contributed by atoms with Crippen molar-refractivity contribution in [1.82, 2.24) is 0 Å². The number of hydrogen-bond donors (Lipinski definition) is 0. The largest absolute Gasteiger partial charge is 0.365 e. The van der Waals surface area contributed by atoms with Crippen molar-refractivity contribution < 1.29 is 13.2 Å². The van der Waals surface area contributed by atoms with Crippen molar-refractivity contribution in [2.24, 2.45) is 10.2 Å². The normalized spacial score (nSPS) is 16.1. The lowest BCUT2D eigenvalue weighted by Gasteiger charge is -2.35. The van der Waals surface area contributed by atoms with E-state index in [1.54, 1.807) is 40.9 Å². The molecule has 0 spiro atoms. The molecule has 2 aliphatic heterocycles. The number of alkyl halides is 2. The molecule has 10 heteroatoms. The maximum atomic E-state index is 15.2. The van der Waals surface area contributed by atoms with E-state index in [0.717, 1.165) is 11.5 Å². The second-order valence-corrected chi connectivity index (χ2v) is 9.52. The summed E-state index contributed by atoms with van der Waals surface area (Å²) in [6.07, 6.45) is -2.84. The van der Waals surface area contributed by atoms with Gasteiger partial charge >= 0.3 is 0 Å². The first-order valence-corrected chi connectivity index (χ1v) is 12.3. The van der Waals surface area contributed by atoms with Crippen molar-refractivity contribution in [3.8, 4) is 0 Å². The molecule has 0 atom stereocenters. The predicted molar refractivity (Wildman–Crippen MR) is 134 cm³/mol. The summed E-state index contributed by atoms with van der Waals surface area (Å²) in [5, 5.41) is 7.25. The minimum Gasteiger partial charge on any atom is -0.365 e. The predicted octanol–water partition coefficient (Wildman–Crippen LogP) is 4.13. The van der Waals surface area contributed by atoms with Crippen LogP contribution in [0.1, 0.15) is 17.5 Å². The Balaban J connectivity index is 1.47. The van der Waals surface area contributed by atoms with E-state index in [9.17, 15) is 18.4 Å². The molecular formula is C25H21F3N4O2S. The second kappa shape index (κ2) is 9.69.